The van der Waals surface area contributed by atoms with Crippen LogP contribution in [0.1, 0.15) is 17.3 Å². The van der Waals surface area contributed by atoms with Gasteiger partial charge in [-0.3, -0.25) is 4.31 Å². The van der Waals surface area contributed by atoms with Crippen LogP contribution in [0, 0.1) is 5.92 Å². The number of nitrogens with zero attached hydrogens (tertiary/aromatic N) is 1. The van der Waals surface area contributed by atoms with Gasteiger partial charge in [0.1, 0.15) is 0 Å². The van der Waals surface area contributed by atoms with Gasteiger partial charge in [-0.1, -0.05) is 6.92 Å². The smallest absolute Gasteiger partial charge is 0.337 e. The molecular formula is C11H14N2O4S. The fourth-order valence-electron chi connectivity index (χ4n) is 2.08. The molecule has 98 valence electrons. The Kier molecular flexibility index (Phi) is 2.94. The van der Waals surface area contributed by atoms with Crippen molar-refractivity contribution >= 4 is 27.4 Å². The maximum Gasteiger partial charge on any atom is 0.337 e. The van der Waals surface area contributed by atoms with E-state index in [-0.39, 0.29) is 29.5 Å². The van der Waals surface area contributed by atoms with Gasteiger partial charge in [0.15, 0.2) is 0 Å². The molecule has 0 amide bonds. The van der Waals surface area contributed by atoms with Crippen LogP contribution in [0.25, 0.3) is 0 Å². The van der Waals surface area contributed by atoms with E-state index in [4.69, 9.17) is 10.8 Å². The summed E-state index contributed by atoms with van der Waals surface area (Å²) in [6.07, 6.45) is 0. The Morgan fingerprint density at radius 1 is 1.50 bits per heavy atom. The Bertz CT molecular complexity index is 597. The summed E-state index contributed by atoms with van der Waals surface area (Å²) in [6.45, 7) is 2.09. The fraction of sp³-hybridized carbons (Fsp3) is 0.364. The lowest BCUT2D eigenvalue weighted by molar-refractivity contribution is 0.0698. The SMILES string of the molecule is CC1CN(c2cc(N)ccc2C(=O)O)S(=O)(=O)C1. The van der Waals surface area contributed by atoms with E-state index in [0.717, 1.165) is 4.31 Å². The second kappa shape index (κ2) is 4.16. The first kappa shape index (κ1) is 12.7. The molecule has 0 radical (unpaired) electrons. The molecule has 1 aliphatic rings. The van der Waals surface area contributed by atoms with Gasteiger partial charge in [-0.2, -0.15) is 0 Å². The van der Waals surface area contributed by atoms with Crippen molar-refractivity contribution in [2.75, 3.05) is 22.3 Å². The van der Waals surface area contributed by atoms with E-state index >= 15 is 0 Å². The molecule has 1 aliphatic heterocycles. The van der Waals surface area contributed by atoms with E-state index in [2.05, 4.69) is 0 Å². The molecule has 0 aromatic heterocycles. The molecule has 1 heterocycles. The number of nitrogens with two attached hydrogens (primary N) is 1. The average molecular weight is 270 g/mol. The third-order valence-corrected chi connectivity index (χ3v) is 4.84. The summed E-state index contributed by atoms with van der Waals surface area (Å²) < 4.78 is 25.0. The molecule has 7 heteroatoms. The van der Waals surface area contributed by atoms with Gasteiger partial charge in [0, 0.05) is 12.2 Å². The van der Waals surface area contributed by atoms with Crippen LogP contribution in [0.4, 0.5) is 11.4 Å². The third kappa shape index (κ3) is 2.13. The van der Waals surface area contributed by atoms with Gasteiger partial charge >= 0.3 is 5.97 Å². The highest BCUT2D eigenvalue weighted by Crippen LogP contribution is 2.31. The van der Waals surface area contributed by atoms with Crippen LogP contribution in [0.5, 0.6) is 0 Å². The summed E-state index contributed by atoms with van der Waals surface area (Å²) in [5.74, 6) is -1.17. The minimum atomic E-state index is -3.45. The van der Waals surface area contributed by atoms with Crippen LogP contribution in [0.2, 0.25) is 0 Å². The second-order valence-corrected chi connectivity index (χ2v) is 6.43. The Balaban J connectivity index is 2.57. The van der Waals surface area contributed by atoms with Gasteiger partial charge < -0.3 is 10.8 Å². The van der Waals surface area contributed by atoms with Crippen LogP contribution in [0.15, 0.2) is 18.2 Å². The number of carboxylic acid groups (broad SMARTS) is 1. The Morgan fingerprint density at radius 3 is 2.67 bits per heavy atom. The first-order valence-corrected chi connectivity index (χ1v) is 7.05. The van der Waals surface area contributed by atoms with E-state index in [1.165, 1.54) is 18.2 Å². The second-order valence-electron chi connectivity index (χ2n) is 4.50. The van der Waals surface area contributed by atoms with Gasteiger partial charge in [0.2, 0.25) is 10.0 Å². The number of carboxylic acids is 1. The molecule has 1 atom stereocenters. The number of hydrogen-bond acceptors (Lipinski definition) is 4. The lowest BCUT2D eigenvalue weighted by atomic mass is 10.1. The molecule has 1 fully saturated rings. The largest absolute Gasteiger partial charge is 0.478 e. The quantitative estimate of drug-likeness (QED) is 0.772. The summed E-state index contributed by atoms with van der Waals surface area (Å²) in [5, 5.41) is 9.09. The van der Waals surface area contributed by atoms with Crippen LogP contribution in [-0.2, 0) is 10.0 Å². The predicted molar refractivity (Wildman–Crippen MR) is 68.1 cm³/mol. The molecule has 0 bridgehead atoms. The minimum Gasteiger partial charge on any atom is -0.478 e. The summed E-state index contributed by atoms with van der Waals surface area (Å²) in [5.41, 5.74) is 6.03. The number of sulfonamides is 1. The van der Waals surface area contributed by atoms with E-state index in [9.17, 15) is 13.2 Å². The molecule has 6 nitrogen and oxygen atoms in total. The topological polar surface area (TPSA) is 101 Å². The molecule has 2 rings (SSSR count). The maximum absolute atomic E-state index is 12.0. The summed E-state index contributed by atoms with van der Waals surface area (Å²) in [7, 11) is -3.45. The first-order valence-electron chi connectivity index (χ1n) is 5.44. The van der Waals surface area contributed by atoms with E-state index in [1.54, 1.807) is 0 Å². The van der Waals surface area contributed by atoms with Crippen LogP contribution in [-0.4, -0.2) is 31.8 Å². The zero-order chi connectivity index (χ0) is 13.5. The molecule has 18 heavy (non-hydrogen) atoms. The van der Waals surface area contributed by atoms with Crippen LogP contribution >= 0.6 is 0 Å². The van der Waals surface area contributed by atoms with E-state index in [1.807, 2.05) is 6.92 Å². The van der Waals surface area contributed by atoms with Gasteiger partial charge in [-0.05, 0) is 24.1 Å². The number of hydrogen-bond donors (Lipinski definition) is 2. The zero-order valence-electron chi connectivity index (χ0n) is 9.83. The van der Waals surface area contributed by atoms with Gasteiger partial charge in [-0.25, -0.2) is 13.2 Å². The van der Waals surface area contributed by atoms with Gasteiger partial charge in [0.05, 0.1) is 17.0 Å². The van der Waals surface area contributed by atoms with E-state index in [0.29, 0.717) is 5.69 Å². The predicted octanol–water partition coefficient (Wildman–Crippen LogP) is 0.753. The number of anilines is 2. The van der Waals surface area contributed by atoms with Crippen LogP contribution < -0.4 is 10.0 Å². The first-order chi connectivity index (χ1) is 8.31. The number of rotatable bonds is 2. The van der Waals surface area contributed by atoms with Crippen molar-refractivity contribution in [3.05, 3.63) is 23.8 Å². The normalized spacial score (nSPS) is 22.1. The highest BCUT2D eigenvalue weighted by Gasteiger charge is 2.35. The van der Waals surface area contributed by atoms with Gasteiger partial charge in [-0.15, -0.1) is 0 Å². The lowest BCUT2D eigenvalue weighted by Crippen LogP contribution is -2.27. The molecule has 0 spiro atoms. The minimum absolute atomic E-state index is 0.0286. The van der Waals surface area contributed by atoms with Crippen molar-refractivity contribution in [1.29, 1.82) is 0 Å². The number of benzene rings is 1. The summed E-state index contributed by atoms with van der Waals surface area (Å²) >= 11 is 0. The third-order valence-electron chi connectivity index (χ3n) is 2.83. The number of carbonyl (C=O) groups is 1. The molecular weight excluding hydrogens is 256 g/mol. The summed E-state index contributed by atoms with van der Waals surface area (Å²) in [6, 6.07) is 4.16. The Morgan fingerprint density at radius 2 is 2.17 bits per heavy atom. The number of nitrogen functional groups attached to an aromatic ring is 1. The highest BCUT2D eigenvalue weighted by molar-refractivity contribution is 7.93. The Labute approximate surface area is 105 Å². The standard InChI is InChI=1S/C11H14N2O4S/c1-7-5-13(18(16,17)6-7)10-4-8(12)2-3-9(10)11(14)15/h2-4,7H,5-6,12H2,1H3,(H,14,15). The van der Waals surface area contributed by atoms with Crippen molar-refractivity contribution in [2.24, 2.45) is 5.92 Å². The van der Waals surface area contributed by atoms with E-state index < -0.39 is 16.0 Å². The highest BCUT2D eigenvalue weighted by atomic mass is 32.2. The van der Waals surface area contributed by atoms with Crippen LogP contribution in [0.3, 0.4) is 0 Å². The lowest BCUT2D eigenvalue weighted by Gasteiger charge is -2.19. The zero-order valence-corrected chi connectivity index (χ0v) is 10.6. The van der Waals surface area contributed by atoms with Crippen molar-refractivity contribution < 1.29 is 18.3 Å². The molecule has 3 N–H and O–H groups in total. The molecule has 1 saturated heterocycles. The molecule has 1 unspecified atom stereocenters. The van der Waals surface area contributed by atoms with Gasteiger partial charge in [0.25, 0.3) is 0 Å². The summed E-state index contributed by atoms with van der Waals surface area (Å²) in [4.78, 5) is 11.1. The number of aromatic carboxylic acids is 1. The van der Waals surface area contributed by atoms with Crippen molar-refractivity contribution in [1.82, 2.24) is 0 Å². The molecule has 1 aromatic rings. The monoisotopic (exact) mass is 270 g/mol. The molecule has 1 aromatic carbocycles. The van der Waals surface area contributed by atoms with Crippen molar-refractivity contribution in [3.63, 3.8) is 0 Å². The molecule has 0 aliphatic carbocycles. The maximum atomic E-state index is 12.0. The van der Waals surface area contributed by atoms with Crippen molar-refractivity contribution in [3.8, 4) is 0 Å². The fourth-order valence-corrected chi connectivity index (χ4v) is 4.02. The average Bonchev–Trinajstić information content (AvgIpc) is 2.51. The van der Waals surface area contributed by atoms with Crippen molar-refractivity contribution in [2.45, 2.75) is 6.92 Å². The Hall–Kier alpha value is -1.76. The molecule has 0 saturated carbocycles.